The molecule has 2 rings (SSSR count). The van der Waals surface area contributed by atoms with Crippen LogP contribution in [0, 0.1) is 5.92 Å². The van der Waals surface area contributed by atoms with Crippen molar-refractivity contribution in [1.29, 1.82) is 0 Å². The van der Waals surface area contributed by atoms with E-state index in [4.69, 9.17) is 5.73 Å². The molecule has 1 aromatic carbocycles. The lowest BCUT2D eigenvalue weighted by molar-refractivity contribution is 0.110. The van der Waals surface area contributed by atoms with Gasteiger partial charge in [-0.2, -0.15) is 0 Å². The molecule has 0 aromatic heterocycles. The average Bonchev–Trinajstić information content (AvgIpc) is 2.51. The Kier molecular flexibility index (Phi) is 6.72. The Morgan fingerprint density at radius 3 is 2.38 bits per heavy atom. The zero-order valence-electron chi connectivity index (χ0n) is 13.8. The summed E-state index contributed by atoms with van der Waals surface area (Å²) >= 11 is 0. The molecule has 0 bridgehead atoms. The zero-order valence-corrected chi connectivity index (χ0v) is 13.8. The number of likely N-dealkylation sites (tertiary alicyclic amines) is 1. The maximum atomic E-state index is 6.39. The van der Waals surface area contributed by atoms with Gasteiger partial charge in [-0.3, -0.25) is 4.90 Å². The summed E-state index contributed by atoms with van der Waals surface area (Å²) in [4.78, 5) is 2.65. The number of benzene rings is 1. The number of hydrogen-bond acceptors (Lipinski definition) is 2. The minimum atomic E-state index is 0.352. The van der Waals surface area contributed by atoms with E-state index in [0.717, 1.165) is 12.3 Å². The van der Waals surface area contributed by atoms with Crippen LogP contribution in [0.5, 0.6) is 0 Å². The SMILES string of the molecule is CCCC(N)C(CC)N1CCC(Cc2ccccc2)CC1. The van der Waals surface area contributed by atoms with E-state index in [1.54, 1.807) is 0 Å². The lowest BCUT2D eigenvalue weighted by Gasteiger charge is -2.40. The first-order valence-electron chi connectivity index (χ1n) is 8.78. The molecule has 1 heterocycles. The third kappa shape index (κ3) is 4.82. The summed E-state index contributed by atoms with van der Waals surface area (Å²) in [5.74, 6) is 0.851. The molecule has 0 radical (unpaired) electrons. The Bertz CT molecular complexity index is 382. The number of nitrogens with two attached hydrogens (primary N) is 1. The quantitative estimate of drug-likeness (QED) is 0.826. The molecule has 1 aliphatic heterocycles. The minimum absolute atomic E-state index is 0.352. The van der Waals surface area contributed by atoms with Crippen molar-refractivity contribution in [2.24, 2.45) is 11.7 Å². The van der Waals surface area contributed by atoms with Crippen molar-refractivity contribution < 1.29 is 0 Å². The molecule has 2 N–H and O–H groups in total. The van der Waals surface area contributed by atoms with Gasteiger partial charge < -0.3 is 5.73 Å². The molecule has 0 saturated carbocycles. The molecule has 1 fully saturated rings. The van der Waals surface area contributed by atoms with Gasteiger partial charge in [-0.15, -0.1) is 0 Å². The van der Waals surface area contributed by atoms with Crippen LogP contribution in [0.15, 0.2) is 30.3 Å². The fraction of sp³-hybridized carbons (Fsp3) is 0.684. The van der Waals surface area contributed by atoms with Gasteiger partial charge in [0.1, 0.15) is 0 Å². The lowest BCUT2D eigenvalue weighted by Crippen LogP contribution is -2.50. The van der Waals surface area contributed by atoms with E-state index in [9.17, 15) is 0 Å². The van der Waals surface area contributed by atoms with Crippen LogP contribution in [0.3, 0.4) is 0 Å². The summed E-state index contributed by atoms with van der Waals surface area (Å²) in [5, 5.41) is 0. The summed E-state index contributed by atoms with van der Waals surface area (Å²) in [6.07, 6.45) is 7.43. The largest absolute Gasteiger partial charge is 0.326 e. The second-order valence-electron chi connectivity index (χ2n) is 6.60. The van der Waals surface area contributed by atoms with Gasteiger partial charge >= 0.3 is 0 Å². The van der Waals surface area contributed by atoms with Gasteiger partial charge in [-0.05, 0) is 56.7 Å². The highest BCUT2D eigenvalue weighted by molar-refractivity contribution is 5.15. The highest BCUT2D eigenvalue weighted by Gasteiger charge is 2.27. The van der Waals surface area contributed by atoms with Crippen molar-refractivity contribution in [2.45, 2.75) is 64.5 Å². The van der Waals surface area contributed by atoms with Crippen LogP contribution in [0.25, 0.3) is 0 Å². The number of piperidine rings is 1. The highest BCUT2D eigenvalue weighted by atomic mass is 15.2. The first-order valence-corrected chi connectivity index (χ1v) is 8.78. The standard InChI is InChI=1S/C19H32N2/c1-3-8-18(20)19(4-2)21-13-11-17(12-14-21)15-16-9-6-5-7-10-16/h5-7,9-10,17-19H,3-4,8,11-15,20H2,1-2H3. The van der Waals surface area contributed by atoms with E-state index < -0.39 is 0 Å². The summed E-state index contributed by atoms with van der Waals surface area (Å²) in [7, 11) is 0. The summed E-state index contributed by atoms with van der Waals surface area (Å²) in [6, 6.07) is 11.9. The maximum Gasteiger partial charge on any atom is 0.0244 e. The second-order valence-corrected chi connectivity index (χ2v) is 6.60. The van der Waals surface area contributed by atoms with Gasteiger partial charge in [0.15, 0.2) is 0 Å². The molecule has 0 amide bonds. The highest BCUT2D eigenvalue weighted by Crippen LogP contribution is 2.25. The Morgan fingerprint density at radius 2 is 1.81 bits per heavy atom. The molecule has 0 spiro atoms. The van der Waals surface area contributed by atoms with Gasteiger partial charge in [0.2, 0.25) is 0 Å². The van der Waals surface area contributed by atoms with Gasteiger partial charge in [0.05, 0.1) is 0 Å². The van der Waals surface area contributed by atoms with Crippen molar-refractivity contribution in [3.63, 3.8) is 0 Å². The van der Waals surface area contributed by atoms with Crippen LogP contribution in [-0.2, 0) is 6.42 Å². The molecule has 1 aromatic rings. The summed E-state index contributed by atoms with van der Waals surface area (Å²) < 4.78 is 0. The van der Waals surface area contributed by atoms with E-state index in [0.29, 0.717) is 12.1 Å². The molecule has 2 atom stereocenters. The third-order valence-electron chi connectivity index (χ3n) is 5.02. The first-order chi connectivity index (χ1) is 10.2. The second kappa shape index (κ2) is 8.55. The molecule has 2 heteroatoms. The maximum absolute atomic E-state index is 6.39. The minimum Gasteiger partial charge on any atom is -0.326 e. The van der Waals surface area contributed by atoms with Crippen LogP contribution in [-0.4, -0.2) is 30.1 Å². The van der Waals surface area contributed by atoms with Crippen LogP contribution in [0.1, 0.15) is 51.5 Å². The first kappa shape index (κ1) is 16.5. The van der Waals surface area contributed by atoms with Crippen LogP contribution < -0.4 is 5.73 Å². The molecular weight excluding hydrogens is 256 g/mol. The van der Waals surface area contributed by atoms with E-state index >= 15 is 0 Å². The Balaban J connectivity index is 1.82. The Labute approximate surface area is 130 Å². The Morgan fingerprint density at radius 1 is 1.14 bits per heavy atom. The van der Waals surface area contributed by atoms with Gasteiger partial charge in [-0.25, -0.2) is 0 Å². The molecule has 1 aliphatic rings. The molecule has 21 heavy (non-hydrogen) atoms. The number of nitrogens with zero attached hydrogens (tertiary/aromatic N) is 1. The van der Waals surface area contributed by atoms with Crippen LogP contribution in [0.2, 0.25) is 0 Å². The van der Waals surface area contributed by atoms with Crippen molar-refractivity contribution in [2.75, 3.05) is 13.1 Å². The predicted molar refractivity (Wildman–Crippen MR) is 91.4 cm³/mol. The fourth-order valence-corrected chi connectivity index (χ4v) is 3.79. The fourth-order valence-electron chi connectivity index (χ4n) is 3.79. The van der Waals surface area contributed by atoms with Crippen molar-refractivity contribution in [3.8, 4) is 0 Å². The van der Waals surface area contributed by atoms with E-state index in [2.05, 4.69) is 49.1 Å². The number of rotatable bonds is 7. The molecule has 118 valence electrons. The third-order valence-corrected chi connectivity index (χ3v) is 5.02. The normalized spacial score (nSPS) is 20.3. The van der Waals surface area contributed by atoms with Gasteiger partial charge in [0, 0.05) is 12.1 Å². The zero-order chi connectivity index (χ0) is 15.1. The summed E-state index contributed by atoms with van der Waals surface area (Å²) in [6.45, 7) is 6.98. The number of hydrogen-bond donors (Lipinski definition) is 1. The molecule has 2 unspecified atom stereocenters. The smallest absolute Gasteiger partial charge is 0.0244 e. The van der Waals surface area contributed by atoms with Crippen LogP contribution in [0.4, 0.5) is 0 Å². The van der Waals surface area contributed by atoms with Gasteiger partial charge in [0.25, 0.3) is 0 Å². The van der Waals surface area contributed by atoms with Gasteiger partial charge in [-0.1, -0.05) is 50.6 Å². The summed E-state index contributed by atoms with van der Waals surface area (Å²) in [5.41, 5.74) is 7.88. The van der Waals surface area contributed by atoms with E-state index in [1.165, 1.54) is 50.8 Å². The monoisotopic (exact) mass is 288 g/mol. The van der Waals surface area contributed by atoms with Crippen molar-refractivity contribution in [3.05, 3.63) is 35.9 Å². The molecule has 0 aliphatic carbocycles. The van der Waals surface area contributed by atoms with Crippen LogP contribution >= 0.6 is 0 Å². The van der Waals surface area contributed by atoms with E-state index in [1.807, 2.05) is 0 Å². The van der Waals surface area contributed by atoms with Crippen molar-refractivity contribution >= 4 is 0 Å². The Hall–Kier alpha value is -0.860. The van der Waals surface area contributed by atoms with Crippen molar-refractivity contribution in [1.82, 2.24) is 4.90 Å². The molecule has 2 nitrogen and oxygen atoms in total. The topological polar surface area (TPSA) is 29.3 Å². The predicted octanol–water partition coefficient (Wildman–Crippen LogP) is 3.85. The lowest BCUT2D eigenvalue weighted by atomic mass is 9.88. The molecule has 1 saturated heterocycles. The average molecular weight is 288 g/mol. The van der Waals surface area contributed by atoms with E-state index in [-0.39, 0.29) is 0 Å². The molecular formula is C19H32N2.